The zero-order valence-electron chi connectivity index (χ0n) is 16.0. The maximum absolute atomic E-state index is 6.23. The Balaban J connectivity index is 1.72. The molecule has 5 nitrogen and oxygen atoms in total. The molecule has 2 heterocycles. The first kappa shape index (κ1) is 17.5. The van der Waals surface area contributed by atoms with Crippen LogP contribution in [0.25, 0.3) is 21.8 Å². The molecule has 0 saturated heterocycles. The fraction of sp³-hybridized carbons (Fsp3) is 0.273. The Kier molecular flexibility index (Phi) is 4.54. The van der Waals surface area contributed by atoms with Crippen LogP contribution in [0.5, 0.6) is 0 Å². The number of anilines is 1. The minimum atomic E-state index is 0.483. The van der Waals surface area contributed by atoms with E-state index >= 15 is 0 Å². The highest BCUT2D eigenvalue weighted by molar-refractivity contribution is 6.09. The summed E-state index contributed by atoms with van der Waals surface area (Å²) in [4.78, 5) is 4.54. The Morgan fingerprint density at radius 2 is 1.74 bits per heavy atom. The zero-order chi connectivity index (χ0) is 19.0. The highest BCUT2D eigenvalue weighted by Gasteiger charge is 2.16. The van der Waals surface area contributed by atoms with Crippen LogP contribution in [0, 0.1) is 0 Å². The van der Waals surface area contributed by atoms with Crippen LogP contribution >= 0.6 is 0 Å². The molecule has 2 aromatic heterocycles. The largest absolute Gasteiger partial charge is 0.382 e. The van der Waals surface area contributed by atoms with Crippen molar-refractivity contribution in [3.8, 4) is 0 Å². The molecule has 3 N–H and O–H groups in total. The molecule has 0 aliphatic carbocycles. The van der Waals surface area contributed by atoms with Crippen molar-refractivity contribution in [2.24, 2.45) is 7.05 Å². The van der Waals surface area contributed by atoms with E-state index in [1.165, 1.54) is 11.1 Å². The number of nitrogens with zero attached hydrogens (tertiary/aromatic N) is 3. The van der Waals surface area contributed by atoms with Crippen molar-refractivity contribution < 1.29 is 0 Å². The van der Waals surface area contributed by atoms with Gasteiger partial charge in [0.1, 0.15) is 11.3 Å². The fourth-order valence-electron chi connectivity index (χ4n) is 3.54. The Labute approximate surface area is 159 Å². The Morgan fingerprint density at radius 3 is 2.48 bits per heavy atom. The summed E-state index contributed by atoms with van der Waals surface area (Å²) in [5.74, 6) is 0.528. The molecule has 0 aliphatic heterocycles. The number of para-hydroxylation sites is 1. The molecule has 0 amide bonds. The summed E-state index contributed by atoms with van der Waals surface area (Å²) in [6, 6.07) is 17.3. The van der Waals surface area contributed by atoms with Gasteiger partial charge in [0.25, 0.3) is 0 Å². The molecule has 0 aliphatic rings. The standard InChI is InChI=1S/C22H25N5/c1-14(2)24-13-16-10-8-15(9-11-16)12-19-20-17-6-4-5-7-18(17)25-22(23)21(20)27(3)26-19/h4-11,14,24H,12-13H2,1-3H3,(H2,23,25). The summed E-state index contributed by atoms with van der Waals surface area (Å²) in [5.41, 5.74) is 11.6. The van der Waals surface area contributed by atoms with Gasteiger partial charge in [-0.3, -0.25) is 4.68 Å². The van der Waals surface area contributed by atoms with E-state index in [9.17, 15) is 0 Å². The van der Waals surface area contributed by atoms with Crippen LogP contribution in [0.4, 0.5) is 5.82 Å². The van der Waals surface area contributed by atoms with Gasteiger partial charge in [-0.1, -0.05) is 56.3 Å². The molecule has 27 heavy (non-hydrogen) atoms. The van der Waals surface area contributed by atoms with E-state index in [2.05, 4.69) is 54.5 Å². The van der Waals surface area contributed by atoms with E-state index < -0.39 is 0 Å². The molecule has 0 atom stereocenters. The lowest BCUT2D eigenvalue weighted by Crippen LogP contribution is -2.21. The number of nitrogens with two attached hydrogens (primary N) is 1. The summed E-state index contributed by atoms with van der Waals surface area (Å²) in [6.45, 7) is 5.20. The van der Waals surface area contributed by atoms with E-state index in [1.54, 1.807) is 0 Å². The van der Waals surface area contributed by atoms with Crippen LogP contribution < -0.4 is 11.1 Å². The number of fused-ring (bicyclic) bond motifs is 3. The van der Waals surface area contributed by atoms with E-state index in [4.69, 9.17) is 10.8 Å². The van der Waals surface area contributed by atoms with Crippen LogP contribution in [0.2, 0.25) is 0 Å². The van der Waals surface area contributed by atoms with Gasteiger partial charge in [0.05, 0.1) is 11.2 Å². The average Bonchev–Trinajstić information content (AvgIpc) is 2.98. The number of rotatable bonds is 5. The summed E-state index contributed by atoms with van der Waals surface area (Å²) in [7, 11) is 1.93. The molecular weight excluding hydrogens is 334 g/mol. The molecule has 4 rings (SSSR count). The molecule has 2 aromatic carbocycles. The number of benzene rings is 2. The molecule has 138 valence electrons. The first-order valence-electron chi connectivity index (χ1n) is 9.34. The van der Waals surface area contributed by atoms with Crippen molar-refractivity contribution >= 4 is 27.6 Å². The highest BCUT2D eigenvalue weighted by atomic mass is 15.3. The lowest BCUT2D eigenvalue weighted by Gasteiger charge is -2.08. The number of hydrogen-bond acceptors (Lipinski definition) is 4. The second-order valence-electron chi connectivity index (χ2n) is 7.34. The van der Waals surface area contributed by atoms with Crippen molar-refractivity contribution in [1.82, 2.24) is 20.1 Å². The molecular formula is C22H25N5. The third-order valence-electron chi connectivity index (χ3n) is 4.89. The molecule has 0 unspecified atom stereocenters. The SMILES string of the molecule is CC(C)NCc1ccc(Cc2nn(C)c3c(N)nc4ccccc4c23)cc1. The molecule has 5 heteroatoms. The molecule has 0 bridgehead atoms. The van der Waals surface area contributed by atoms with Gasteiger partial charge in [0.2, 0.25) is 0 Å². The van der Waals surface area contributed by atoms with Crippen LogP contribution in [-0.2, 0) is 20.0 Å². The minimum Gasteiger partial charge on any atom is -0.382 e. The number of nitrogen functional groups attached to an aromatic ring is 1. The van der Waals surface area contributed by atoms with Gasteiger partial charge in [-0.2, -0.15) is 5.10 Å². The van der Waals surface area contributed by atoms with E-state index in [-0.39, 0.29) is 0 Å². The van der Waals surface area contributed by atoms with Gasteiger partial charge in [-0.25, -0.2) is 4.98 Å². The van der Waals surface area contributed by atoms with Gasteiger partial charge < -0.3 is 11.1 Å². The van der Waals surface area contributed by atoms with Crippen LogP contribution in [0.15, 0.2) is 48.5 Å². The van der Waals surface area contributed by atoms with Crippen molar-refractivity contribution in [2.75, 3.05) is 5.73 Å². The minimum absolute atomic E-state index is 0.483. The first-order valence-corrected chi connectivity index (χ1v) is 9.34. The molecule has 0 saturated carbocycles. The monoisotopic (exact) mass is 359 g/mol. The predicted octanol–water partition coefficient (Wildman–Crippen LogP) is 3.79. The van der Waals surface area contributed by atoms with Crippen LogP contribution in [-0.4, -0.2) is 20.8 Å². The van der Waals surface area contributed by atoms with Crippen LogP contribution in [0.1, 0.15) is 30.7 Å². The van der Waals surface area contributed by atoms with Gasteiger partial charge in [0, 0.05) is 36.8 Å². The topological polar surface area (TPSA) is 68.8 Å². The second kappa shape index (κ2) is 7.00. The number of hydrogen-bond donors (Lipinski definition) is 2. The number of aryl methyl sites for hydroxylation is 1. The van der Waals surface area contributed by atoms with Crippen molar-refractivity contribution in [3.63, 3.8) is 0 Å². The third kappa shape index (κ3) is 3.38. The molecule has 0 fully saturated rings. The lowest BCUT2D eigenvalue weighted by atomic mass is 10.0. The van der Waals surface area contributed by atoms with E-state index in [0.29, 0.717) is 11.9 Å². The van der Waals surface area contributed by atoms with Gasteiger partial charge >= 0.3 is 0 Å². The summed E-state index contributed by atoms with van der Waals surface area (Å²) in [5, 5.41) is 10.4. The van der Waals surface area contributed by atoms with Crippen molar-refractivity contribution in [1.29, 1.82) is 0 Å². The van der Waals surface area contributed by atoms with Crippen molar-refractivity contribution in [3.05, 3.63) is 65.4 Å². The number of nitrogens with one attached hydrogen (secondary N) is 1. The fourth-order valence-corrected chi connectivity index (χ4v) is 3.54. The lowest BCUT2D eigenvalue weighted by molar-refractivity contribution is 0.589. The first-order chi connectivity index (χ1) is 13.0. The van der Waals surface area contributed by atoms with Crippen molar-refractivity contribution in [2.45, 2.75) is 32.9 Å². The van der Waals surface area contributed by atoms with E-state index in [0.717, 1.165) is 40.5 Å². The molecule has 0 radical (unpaired) electrons. The number of aromatic nitrogens is 3. The predicted molar refractivity (Wildman–Crippen MR) is 112 cm³/mol. The molecule has 4 aromatic rings. The van der Waals surface area contributed by atoms with Gasteiger partial charge in [-0.15, -0.1) is 0 Å². The van der Waals surface area contributed by atoms with E-state index in [1.807, 2.05) is 29.9 Å². The maximum atomic E-state index is 6.23. The Bertz CT molecular complexity index is 1090. The zero-order valence-corrected chi connectivity index (χ0v) is 16.0. The normalized spacial score (nSPS) is 11.7. The summed E-state index contributed by atoms with van der Waals surface area (Å²) in [6.07, 6.45) is 0.767. The highest BCUT2D eigenvalue weighted by Crippen LogP contribution is 2.31. The van der Waals surface area contributed by atoms with Gasteiger partial charge in [-0.05, 0) is 17.2 Å². The van der Waals surface area contributed by atoms with Gasteiger partial charge in [0.15, 0.2) is 0 Å². The van der Waals surface area contributed by atoms with Crippen LogP contribution in [0.3, 0.4) is 0 Å². The quantitative estimate of drug-likeness (QED) is 0.569. The smallest absolute Gasteiger partial charge is 0.150 e. The molecule has 0 spiro atoms. The maximum Gasteiger partial charge on any atom is 0.150 e. The summed E-state index contributed by atoms with van der Waals surface area (Å²) < 4.78 is 1.85. The Morgan fingerprint density at radius 1 is 1.04 bits per heavy atom. The second-order valence-corrected chi connectivity index (χ2v) is 7.34. The summed E-state index contributed by atoms with van der Waals surface area (Å²) >= 11 is 0. The average molecular weight is 359 g/mol. The number of pyridine rings is 1. The third-order valence-corrected chi connectivity index (χ3v) is 4.89. The Hall–Kier alpha value is -2.92.